The van der Waals surface area contributed by atoms with Gasteiger partial charge in [0.1, 0.15) is 22.7 Å². The summed E-state index contributed by atoms with van der Waals surface area (Å²) in [5, 5.41) is 4.36. The van der Waals surface area contributed by atoms with E-state index in [4.69, 9.17) is 18.6 Å². The average molecular weight is 490 g/mol. The minimum atomic E-state index is -1.12. The molecule has 3 aromatic carbocycles. The molecular weight excluding hydrogens is 462 g/mol. The number of methoxy groups -OCH3 is 1. The van der Waals surface area contributed by atoms with Crippen molar-refractivity contribution >= 4 is 33.8 Å². The van der Waals surface area contributed by atoms with Crippen molar-refractivity contribution in [3.8, 4) is 11.5 Å². The number of rotatable bonds is 5. The summed E-state index contributed by atoms with van der Waals surface area (Å²) in [5.74, 6) is 0.0266. The zero-order valence-electron chi connectivity index (χ0n) is 20.7. The number of hydrogen-bond acceptors (Lipinski definition) is 7. The number of aryl methyl sites for hydroxylation is 1. The summed E-state index contributed by atoms with van der Waals surface area (Å²) in [4.78, 5) is 38.4. The summed E-state index contributed by atoms with van der Waals surface area (Å²) in [7, 11) is 1.52. The highest BCUT2D eigenvalue weighted by Gasteiger charge is 2.28. The van der Waals surface area contributed by atoms with E-state index in [0.29, 0.717) is 38.6 Å². The van der Waals surface area contributed by atoms with Gasteiger partial charge in [0.05, 0.1) is 12.5 Å². The highest BCUT2D eigenvalue weighted by Crippen LogP contribution is 2.33. The average Bonchev–Trinajstić information content (AvgIpc) is 2.84. The van der Waals surface area contributed by atoms with E-state index in [1.54, 1.807) is 88.4 Å². The Morgan fingerprint density at radius 3 is 2.31 bits per heavy atom. The molecule has 0 aliphatic carbocycles. The molecule has 1 heterocycles. The molecule has 0 saturated carbocycles. The van der Waals surface area contributed by atoms with Crippen LogP contribution < -0.4 is 20.4 Å². The van der Waals surface area contributed by atoms with Crippen LogP contribution in [0.25, 0.3) is 21.7 Å². The van der Waals surface area contributed by atoms with Crippen LogP contribution >= 0.6 is 0 Å². The van der Waals surface area contributed by atoms with Gasteiger partial charge in [-0.25, -0.2) is 14.4 Å². The Morgan fingerprint density at radius 2 is 1.64 bits per heavy atom. The van der Waals surface area contributed by atoms with Gasteiger partial charge < -0.3 is 23.9 Å². The molecule has 4 rings (SSSR count). The molecule has 8 heteroatoms. The number of esters is 1. The van der Waals surface area contributed by atoms with Gasteiger partial charge in [-0.15, -0.1) is 0 Å². The third-order valence-corrected chi connectivity index (χ3v) is 5.53. The summed E-state index contributed by atoms with van der Waals surface area (Å²) < 4.78 is 21.8. The van der Waals surface area contributed by atoms with Gasteiger partial charge in [-0.3, -0.25) is 0 Å². The van der Waals surface area contributed by atoms with Crippen molar-refractivity contribution in [1.29, 1.82) is 0 Å². The predicted molar refractivity (Wildman–Crippen MR) is 135 cm³/mol. The highest BCUT2D eigenvalue weighted by molar-refractivity contribution is 6.06. The maximum atomic E-state index is 13.3. The van der Waals surface area contributed by atoms with Gasteiger partial charge in [-0.2, -0.15) is 0 Å². The van der Waals surface area contributed by atoms with E-state index < -0.39 is 29.3 Å². The molecule has 0 fully saturated rings. The fourth-order valence-electron chi connectivity index (χ4n) is 3.85. The quantitative estimate of drug-likeness (QED) is 0.172. The van der Waals surface area contributed by atoms with Gasteiger partial charge in [0.2, 0.25) is 0 Å². The van der Waals surface area contributed by atoms with Crippen molar-refractivity contribution in [3.05, 3.63) is 82.2 Å². The molecule has 0 aliphatic heterocycles. The van der Waals surface area contributed by atoms with Gasteiger partial charge in [0.25, 0.3) is 0 Å². The molecule has 0 aliphatic rings. The third-order valence-electron chi connectivity index (χ3n) is 5.53. The first kappa shape index (κ1) is 24.8. The lowest BCUT2D eigenvalue weighted by atomic mass is 10.0. The largest absolute Gasteiger partial charge is 0.497 e. The Hall–Kier alpha value is -4.33. The number of benzene rings is 3. The molecule has 0 spiro atoms. The first-order chi connectivity index (χ1) is 17.1. The summed E-state index contributed by atoms with van der Waals surface area (Å²) in [5.41, 5.74) is 0.0307. The number of fused-ring (bicyclic) bond motifs is 3. The fraction of sp³-hybridized carbons (Fsp3) is 0.250. The van der Waals surface area contributed by atoms with E-state index >= 15 is 0 Å². The highest BCUT2D eigenvalue weighted by atomic mass is 16.6. The minimum Gasteiger partial charge on any atom is -0.497 e. The first-order valence-corrected chi connectivity index (χ1v) is 11.4. The molecule has 0 bridgehead atoms. The van der Waals surface area contributed by atoms with Crippen LogP contribution in [0.2, 0.25) is 0 Å². The molecule has 8 nitrogen and oxygen atoms in total. The van der Waals surface area contributed by atoms with Crippen molar-refractivity contribution in [1.82, 2.24) is 5.32 Å². The van der Waals surface area contributed by atoms with Crippen LogP contribution in [0.5, 0.6) is 11.5 Å². The van der Waals surface area contributed by atoms with E-state index in [0.717, 1.165) is 0 Å². The molecule has 0 saturated heterocycles. The second kappa shape index (κ2) is 9.73. The second-order valence-electron chi connectivity index (χ2n) is 9.28. The summed E-state index contributed by atoms with van der Waals surface area (Å²) in [6.45, 7) is 6.89. The molecule has 1 amide bonds. The standard InChI is InChI=1S/C28H27NO7/c1-16-22(14-13-20-19-12-11-18(33-5)15-21(19)25(30)35-24(16)20)34-26(31)23(17-9-7-6-8-10-17)29-27(32)36-28(2,3)4/h6-15,23H,1-5H3,(H,29,32)/t23-/m0/s1. The molecule has 4 aromatic rings. The molecule has 1 N–H and O–H groups in total. The Bertz CT molecular complexity index is 1500. The number of alkyl carbamates (subject to hydrolysis) is 1. The summed E-state index contributed by atoms with van der Waals surface area (Å²) >= 11 is 0. The van der Waals surface area contributed by atoms with E-state index in [-0.39, 0.29) is 5.75 Å². The van der Waals surface area contributed by atoms with Crippen LogP contribution in [0, 0.1) is 6.92 Å². The lowest BCUT2D eigenvalue weighted by Crippen LogP contribution is -2.39. The van der Waals surface area contributed by atoms with Crippen LogP contribution in [-0.4, -0.2) is 24.8 Å². The molecule has 0 radical (unpaired) electrons. The lowest BCUT2D eigenvalue weighted by Gasteiger charge is -2.23. The normalized spacial score (nSPS) is 12.2. The molecule has 0 unspecified atom stereocenters. The van der Waals surface area contributed by atoms with Crippen LogP contribution in [0.15, 0.2) is 69.9 Å². The maximum Gasteiger partial charge on any atom is 0.408 e. The number of ether oxygens (including phenoxy) is 3. The predicted octanol–water partition coefficient (Wildman–Crippen LogP) is 5.43. The second-order valence-corrected chi connectivity index (χ2v) is 9.28. The Kier molecular flexibility index (Phi) is 6.70. The topological polar surface area (TPSA) is 104 Å². The maximum absolute atomic E-state index is 13.3. The molecule has 186 valence electrons. The molecular formula is C28H27NO7. The molecule has 36 heavy (non-hydrogen) atoms. The number of carbonyl (C=O) groups is 2. The van der Waals surface area contributed by atoms with E-state index in [2.05, 4.69) is 5.32 Å². The summed E-state index contributed by atoms with van der Waals surface area (Å²) in [6.07, 6.45) is -0.753. The van der Waals surface area contributed by atoms with E-state index in [1.807, 2.05) is 0 Å². The van der Waals surface area contributed by atoms with Gasteiger partial charge >= 0.3 is 17.7 Å². The Balaban J connectivity index is 1.70. The van der Waals surface area contributed by atoms with Crippen molar-refractivity contribution < 1.29 is 28.2 Å². The van der Waals surface area contributed by atoms with Crippen molar-refractivity contribution in [2.24, 2.45) is 0 Å². The van der Waals surface area contributed by atoms with Gasteiger partial charge in [0.15, 0.2) is 6.04 Å². The van der Waals surface area contributed by atoms with Gasteiger partial charge in [0, 0.05) is 16.3 Å². The first-order valence-electron chi connectivity index (χ1n) is 11.4. The van der Waals surface area contributed by atoms with Crippen LogP contribution in [-0.2, 0) is 9.53 Å². The number of hydrogen-bond donors (Lipinski definition) is 1. The zero-order chi connectivity index (χ0) is 26.0. The minimum absolute atomic E-state index is 0.204. The van der Waals surface area contributed by atoms with E-state index in [1.165, 1.54) is 7.11 Å². The molecule has 1 atom stereocenters. The molecule has 1 aromatic heterocycles. The zero-order valence-corrected chi connectivity index (χ0v) is 20.7. The lowest BCUT2D eigenvalue weighted by molar-refractivity contribution is -0.137. The number of nitrogens with one attached hydrogen (secondary N) is 1. The monoisotopic (exact) mass is 489 g/mol. The summed E-state index contributed by atoms with van der Waals surface area (Å²) in [6, 6.07) is 16.1. The van der Waals surface area contributed by atoms with Crippen molar-refractivity contribution in [3.63, 3.8) is 0 Å². The third kappa shape index (κ3) is 5.17. The van der Waals surface area contributed by atoms with Crippen molar-refractivity contribution in [2.45, 2.75) is 39.3 Å². The number of carbonyl (C=O) groups excluding carboxylic acids is 2. The fourth-order valence-corrected chi connectivity index (χ4v) is 3.85. The van der Waals surface area contributed by atoms with Gasteiger partial charge in [-0.1, -0.05) is 30.3 Å². The van der Waals surface area contributed by atoms with Crippen LogP contribution in [0.3, 0.4) is 0 Å². The van der Waals surface area contributed by atoms with Crippen LogP contribution in [0.1, 0.15) is 37.9 Å². The smallest absolute Gasteiger partial charge is 0.408 e. The van der Waals surface area contributed by atoms with Gasteiger partial charge in [-0.05, 0) is 63.6 Å². The van der Waals surface area contributed by atoms with Crippen molar-refractivity contribution in [2.75, 3.05) is 7.11 Å². The Morgan fingerprint density at radius 1 is 0.944 bits per heavy atom. The Labute approximate surface area is 207 Å². The number of amides is 1. The van der Waals surface area contributed by atoms with E-state index in [9.17, 15) is 14.4 Å². The SMILES string of the molecule is COc1ccc2c(c1)c(=O)oc1c(C)c(OC(=O)[C@@H](NC(=O)OC(C)(C)C)c3ccccc3)ccc12. The van der Waals surface area contributed by atoms with Crippen LogP contribution in [0.4, 0.5) is 4.79 Å².